The quantitative estimate of drug-likeness (QED) is 0.745. The van der Waals surface area contributed by atoms with Gasteiger partial charge in [-0.1, -0.05) is 0 Å². The molecular weight excluding hydrogens is 180 g/mol. The molecule has 0 spiro atoms. The third-order valence-electron chi connectivity index (χ3n) is 2.69. The summed E-state index contributed by atoms with van der Waals surface area (Å²) in [4.78, 5) is 0. The molecule has 1 aromatic heterocycles. The van der Waals surface area contributed by atoms with Crippen molar-refractivity contribution in [3.8, 4) is 0 Å². The van der Waals surface area contributed by atoms with Crippen LogP contribution in [0.15, 0.2) is 6.07 Å². The second kappa shape index (κ2) is 3.37. The van der Waals surface area contributed by atoms with Gasteiger partial charge in [0.05, 0.1) is 17.9 Å². The Kier molecular flexibility index (Phi) is 2.33. The lowest BCUT2D eigenvalue weighted by molar-refractivity contribution is 0.0255. The fourth-order valence-electron chi connectivity index (χ4n) is 1.90. The first-order chi connectivity index (χ1) is 6.59. The number of aromatic nitrogens is 2. The molecular formula is C10H16N2O2. The smallest absolute Gasteiger partial charge is 0.0956 e. The van der Waals surface area contributed by atoms with Crippen molar-refractivity contribution >= 4 is 0 Å². The lowest BCUT2D eigenvalue weighted by Crippen LogP contribution is -2.32. The van der Waals surface area contributed by atoms with Gasteiger partial charge in [-0.3, -0.25) is 4.68 Å². The maximum atomic E-state index is 10.1. The number of hydrogen-bond donors (Lipinski definition) is 1. The van der Waals surface area contributed by atoms with Crippen LogP contribution >= 0.6 is 0 Å². The highest BCUT2D eigenvalue weighted by molar-refractivity contribution is 5.12. The maximum absolute atomic E-state index is 10.1. The minimum absolute atomic E-state index is 0.442. The van der Waals surface area contributed by atoms with Crippen molar-refractivity contribution in [3.63, 3.8) is 0 Å². The van der Waals surface area contributed by atoms with Gasteiger partial charge >= 0.3 is 0 Å². The molecule has 1 aliphatic rings. The lowest BCUT2D eigenvalue weighted by atomic mass is 9.97. The Morgan fingerprint density at radius 1 is 1.71 bits per heavy atom. The summed E-state index contributed by atoms with van der Waals surface area (Å²) in [6, 6.07) is 2.01. The molecule has 1 saturated heterocycles. The highest BCUT2D eigenvalue weighted by Crippen LogP contribution is 2.23. The molecule has 4 nitrogen and oxygen atoms in total. The molecule has 1 atom stereocenters. The van der Waals surface area contributed by atoms with E-state index in [0.29, 0.717) is 19.6 Å². The second-order valence-electron chi connectivity index (χ2n) is 4.10. The molecule has 0 radical (unpaired) electrons. The van der Waals surface area contributed by atoms with Gasteiger partial charge in [-0.25, -0.2) is 0 Å². The van der Waals surface area contributed by atoms with Crippen molar-refractivity contribution in [2.24, 2.45) is 7.05 Å². The molecule has 0 saturated carbocycles. The van der Waals surface area contributed by atoms with Crippen molar-refractivity contribution < 1.29 is 9.84 Å². The van der Waals surface area contributed by atoms with Crippen LogP contribution in [0, 0.1) is 6.92 Å². The Hall–Kier alpha value is -0.870. The van der Waals surface area contributed by atoms with E-state index in [0.717, 1.165) is 17.8 Å². The normalized spacial score (nSPS) is 27.1. The number of nitrogens with zero attached hydrogens (tertiary/aromatic N) is 2. The number of aryl methyl sites for hydroxylation is 2. The van der Waals surface area contributed by atoms with Crippen LogP contribution < -0.4 is 0 Å². The van der Waals surface area contributed by atoms with Crippen LogP contribution in [-0.4, -0.2) is 33.7 Å². The van der Waals surface area contributed by atoms with Crippen molar-refractivity contribution in [1.29, 1.82) is 0 Å². The molecule has 1 fully saturated rings. The van der Waals surface area contributed by atoms with E-state index < -0.39 is 5.60 Å². The third kappa shape index (κ3) is 1.81. The highest BCUT2D eigenvalue weighted by atomic mass is 16.5. The maximum Gasteiger partial charge on any atom is 0.0956 e. The fourth-order valence-corrected chi connectivity index (χ4v) is 1.90. The minimum Gasteiger partial charge on any atom is -0.387 e. The fraction of sp³-hybridized carbons (Fsp3) is 0.700. The number of hydrogen-bond acceptors (Lipinski definition) is 3. The van der Waals surface area contributed by atoms with Crippen LogP contribution in [0.3, 0.4) is 0 Å². The molecule has 1 N–H and O–H groups in total. The van der Waals surface area contributed by atoms with E-state index in [4.69, 9.17) is 4.74 Å². The van der Waals surface area contributed by atoms with Crippen LogP contribution in [0.5, 0.6) is 0 Å². The molecule has 2 rings (SSSR count). The zero-order valence-electron chi connectivity index (χ0n) is 8.66. The zero-order valence-corrected chi connectivity index (χ0v) is 8.66. The van der Waals surface area contributed by atoms with Crippen LogP contribution in [0.4, 0.5) is 0 Å². The van der Waals surface area contributed by atoms with Gasteiger partial charge in [0.2, 0.25) is 0 Å². The largest absolute Gasteiger partial charge is 0.387 e. The Morgan fingerprint density at radius 3 is 3.00 bits per heavy atom. The summed E-state index contributed by atoms with van der Waals surface area (Å²) < 4.78 is 7.02. The molecule has 1 aliphatic heterocycles. The molecule has 0 bridgehead atoms. The van der Waals surface area contributed by atoms with E-state index in [-0.39, 0.29) is 0 Å². The summed E-state index contributed by atoms with van der Waals surface area (Å²) >= 11 is 0. The molecule has 2 heterocycles. The Morgan fingerprint density at radius 2 is 2.50 bits per heavy atom. The summed E-state index contributed by atoms with van der Waals surface area (Å²) in [5, 5.41) is 14.4. The highest BCUT2D eigenvalue weighted by Gasteiger charge is 2.33. The van der Waals surface area contributed by atoms with Gasteiger partial charge < -0.3 is 9.84 Å². The van der Waals surface area contributed by atoms with E-state index in [1.54, 1.807) is 0 Å². The van der Waals surface area contributed by atoms with Crippen LogP contribution in [0.1, 0.15) is 17.8 Å². The van der Waals surface area contributed by atoms with Gasteiger partial charge in [0.1, 0.15) is 0 Å². The van der Waals surface area contributed by atoms with Crippen molar-refractivity contribution in [2.75, 3.05) is 13.2 Å². The van der Waals surface area contributed by atoms with Gasteiger partial charge in [0.25, 0.3) is 0 Å². The first-order valence-corrected chi connectivity index (χ1v) is 4.89. The summed E-state index contributed by atoms with van der Waals surface area (Å²) in [6.07, 6.45) is 1.35. The van der Waals surface area contributed by atoms with Crippen molar-refractivity contribution in [3.05, 3.63) is 17.5 Å². The monoisotopic (exact) mass is 196 g/mol. The van der Waals surface area contributed by atoms with E-state index in [2.05, 4.69) is 5.10 Å². The first kappa shape index (κ1) is 9.68. The topological polar surface area (TPSA) is 47.3 Å². The molecule has 0 aliphatic carbocycles. The average molecular weight is 196 g/mol. The summed E-state index contributed by atoms with van der Waals surface area (Å²) in [5.74, 6) is 0. The average Bonchev–Trinajstić information content (AvgIpc) is 2.61. The molecule has 1 unspecified atom stereocenters. The van der Waals surface area contributed by atoms with Gasteiger partial charge in [-0.2, -0.15) is 5.10 Å². The number of ether oxygens (including phenoxy) is 1. The van der Waals surface area contributed by atoms with E-state index in [9.17, 15) is 5.11 Å². The molecule has 14 heavy (non-hydrogen) atoms. The van der Waals surface area contributed by atoms with Gasteiger partial charge in [-0.15, -0.1) is 0 Å². The Balaban J connectivity index is 2.13. The van der Waals surface area contributed by atoms with Crippen LogP contribution in [0.2, 0.25) is 0 Å². The summed E-state index contributed by atoms with van der Waals surface area (Å²) in [7, 11) is 1.90. The van der Waals surface area contributed by atoms with Gasteiger partial charge in [-0.05, 0) is 13.0 Å². The molecule has 0 aromatic carbocycles. The van der Waals surface area contributed by atoms with E-state index in [1.807, 2.05) is 24.7 Å². The molecule has 4 heteroatoms. The van der Waals surface area contributed by atoms with Crippen LogP contribution in [-0.2, 0) is 18.2 Å². The van der Waals surface area contributed by atoms with E-state index >= 15 is 0 Å². The van der Waals surface area contributed by atoms with Gasteiger partial charge in [0.15, 0.2) is 0 Å². The molecule has 78 valence electrons. The van der Waals surface area contributed by atoms with Gasteiger partial charge in [0, 0.05) is 32.2 Å². The van der Waals surface area contributed by atoms with Crippen molar-refractivity contribution in [2.45, 2.75) is 25.4 Å². The zero-order chi connectivity index (χ0) is 10.2. The summed E-state index contributed by atoms with van der Waals surface area (Å²) in [6.45, 7) is 3.06. The third-order valence-corrected chi connectivity index (χ3v) is 2.69. The Labute approximate surface area is 83.5 Å². The number of rotatable bonds is 2. The molecule has 0 amide bonds. The second-order valence-corrected chi connectivity index (χ2v) is 4.10. The standard InChI is InChI=1S/C10H16N2O2/c1-8-5-9(12(2)11-8)6-10(13)3-4-14-7-10/h5,13H,3-4,6-7H2,1-2H3. The summed E-state index contributed by atoms with van der Waals surface area (Å²) in [5.41, 5.74) is 1.38. The minimum atomic E-state index is -0.680. The predicted molar refractivity (Wildman–Crippen MR) is 52.0 cm³/mol. The first-order valence-electron chi connectivity index (χ1n) is 4.89. The molecule has 1 aromatic rings. The Bertz CT molecular complexity index is 327. The van der Waals surface area contributed by atoms with E-state index in [1.165, 1.54) is 0 Å². The SMILES string of the molecule is Cc1cc(CC2(O)CCOC2)n(C)n1. The van der Waals surface area contributed by atoms with Crippen LogP contribution in [0.25, 0.3) is 0 Å². The lowest BCUT2D eigenvalue weighted by Gasteiger charge is -2.19. The predicted octanol–water partition coefficient (Wildman–Crippen LogP) is 0.422. The number of aliphatic hydroxyl groups is 1. The van der Waals surface area contributed by atoms with Crippen molar-refractivity contribution in [1.82, 2.24) is 9.78 Å².